The van der Waals surface area contributed by atoms with Gasteiger partial charge in [-0.1, -0.05) is 0 Å². The molecular weight excluding hydrogens is 224 g/mol. The van der Waals surface area contributed by atoms with Gasteiger partial charge in [0.1, 0.15) is 5.75 Å². The van der Waals surface area contributed by atoms with Crippen LogP contribution in [0, 0.1) is 0 Å². The summed E-state index contributed by atoms with van der Waals surface area (Å²) in [5.74, 6) is 0.799. The number of nitrogens with one attached hydrogen (secondary N) is 2. The molecule has 0 aliphatic heterocycles. The van der Waals surface area contributed by atoms with Crippen molar-refractivity contribution in [2.75, 3.05) is 19.0 Å². The second-order valence-corrected chi connectivity index (χ2v) is 3.82. The first-order valence-electron chi connectivity index (χ1n) is 4.99. The Hall–Kier alpha value is -1.33. The van der Waals surface area contributed by atoms with Crippen LogP contribution < -0.4 is 15.4 Å². The van der Waals surface area contributed by atoms with Crippen molar-refractivity contribution in [1.29, 1.82) is 0 Å². The molecule has 0 unspecified atom stereocenters. The minimum absolute atomic E-state index is 0.421. The second-order valence-electron chi connectivity index (χ2n) is 3.41. The van der Waals surface area contributed by atoms with E-state index in [0.29, 0.717) is 11.7 Å². The summed E-state index contributed by atoms with van der Waals surface area (Å²) in [5, 5.41) is 15.5. The van der Waals surface area contributed by atoms with Crippen LogP contribution in [0.1, 0.15) is 6.92 Å². The molecule has 1 atom stereocenters. The van der Waals surface area contributed by atoms with Crippen LogP contribution in [0.5, 0.6) is 5.75 Å². The topological polar surface area (TPSA) is 53.5 Å². The van der Waals surface area contributed by atoms with Crippen LogP contribution in [0.25, 0.3) is 0 Å². The molecular formula is C11H16N2O2S. The quantitative estimate of drug-likeness (QED) is 0.694. The molecule has 0 aliphatic carbocycles. The number of benzene rings is 1. The van der Waals surface area contributed by atoms with Crippen molar-refractivity contribution in [3.63, 3.8) is 0 Å². The number of rotatable bonds is 4. The molecule has 0 saturated carbocycles. The van der Waals surface area contributed by atoms with Crippen molar-refractivity contribution < 1.29 is 9.84 Å². The lowest BCUT2D eigenvalue weighted by Crippen LogP contribution is -2.33. The minimum atomic E-state index is -0.421. The molecule has 0 aliphatic rings. The molecule has 5 heteroatoms. The van der Waals surface area contributed by atoms with Crippen molar-refractivity contribution in [3.05, 3.63) is 24.3 Å². The van der Waals surface area contributed by atoms with Gasteiger partial charge in [0.25, 0.3) is 0 Å². The van der Waals surface area contributed by atoms with E-state index in [9.17, 15) is 0 Å². The molecule has 1 aromatic carbocycles. The van der Waals surface area contributed by atoms with E-state index in [1.165, 1.54) is 0 Å². The number of thiocarbonyl (C=S) groups is 1. The second kappa shape index (κ2) is 6.30. The number of aliphatic hydroxyl groups excluding tert-OH is 1. The highest BCUT2D eigenvalue weighted by molar-refractivity contribution is 7.80. The molecule has 0 amide bonds. The molecule has 16 heavy (non-hydrogen) atoms. The first-order chi connectivity index (χ1) is 7.61. The van der Waals surface area contributed by atoms with E-state index in [4.69, 9.17) is 22.1 Å². The van der Waals surface area contributed by atoms with Gasteiger partial charge in [-0.25, -0.2) is 0 Å². The number of hydrogen-bond donors (Lipinski definition) is 3. The summed E-state index contributed by atoms with van der Waals surface area (Å²) in [5.41, 5.74) is 0.879. The Kier molecular flexibility index (Phi) is 5.01. The van der Waals surface area contributed by atoms with Gasteiger partial charge in [0.05, 0.1) is 13.2 Å². The average Bonchev–Trinajstić information content (AvgIpc) is 2.27. The number of aliphatic hydroxyl groups is 1. The predicted molar refractivity (Wildman–Crippen MR) is 68.9 cm³/mol. The SMILES string of the molecule is COc1ccc(NC(=S)NC[C@H](C)O)cc1. The average molecular weight is 240 g/mol. The fourth-order valence-electron chi connectivity index (χ4n) is 1.09. The Balaban J connectivity index is 2.43. The molecule has 1 rings (SSSR count). The largest absolute Gasteiger partial charge is 0.497 e. The molecule has 0 saturated heterocycles. The van der Waals surface area contributed by atoms with E-state index in [1.54, 1.807) is 14.0 Å². The third-order valence-electron chi connectivity index (χ3n) is 1.91. The van der Waals surface area contributed by atoms with E-state index < -0.39 is 6.10 Å². The molecule has 0 heterocycles. The van der Waals surface area contributed by atoms with Crippen LogP contribution in [-0.4, -0.2) is 30.0 Å². The standard InChI is InChI=1S/C11H16N2O2S/c1-8(14)7-12-11(16)13-9-3-5-10(15-2)6-4-9/h3-6,8,14H,7H2,1-2H3,(H2,12,13,16)/t8-/m0/s1. The third kappa shape index (κ3) is 4.46. The summed E-state index contributed by atoms with van der Waals surface area (Å²) < 4.78 is 5.04. The van der Waals surface area contributed by atoms with Gasteiger partial charge < -0.3 is 20.5 Å². The van der Waals surface area contributed by atoms with Crippen molar-refractivity contribution in [2.45, 2.75) is 13.0 Å². The molecule has 0 bridgehead atoms. The van der Waals surface area contributed by atoms with Gasteiger partial charge in [-0.05, 0) is 43.4 Å². The third-order valence-corrected chi connectivity index (χ3v) is 2.15. The Morgan fingerprint density at radius 3 is 2.56 bits per heavy atom. The molecule has 0 aromatic heterocycles. The first kappa shape index (κ1) is 12.7. The van der Waals surface area contributed by atoms with Crippen LogP contribution in [-0.2, 0) is 0 Å². The maximum Gasteiger partial charge on any atom is 0.170 e. The highest BCUT2D eigenvalue weighted by Gasteiger charge is 1.99. The Labute approximate surface area is 101 Å². The summed E-state index contributed by atoms with van der Waals surface area (Å²) in [7, 11) is 1.62. The highest BCUT2D eigenvalue weighted by Crippen LogP contribution is 2.14. The number of methoxy groups -OCH3 is 1. The van der Waals surface area contributed by atoms with Crippen molar-refractivity contribution in [2.24, 2.45) is 0 Å². The highest BCUT2D eigenvalue weighted by atomic mass is 32.1. The van der Waals surface area contributed by atoms with Crippen LogP contribution in [0.3, 0.4) is 0 Å². The van der Waals surface area contributed by atoms with E-state index in [2.05, 4.69) is 10.6 Å². The van der Waals surface area contributed by atoms with Gasteiger partial charge in [-0.2, -0.15) is 0 Å². The molecule has 4 nitrogen and oxygen atoms in total. The van der Waals surface area contributed by atoms with Crippen LogP contribution >= 0.6 is 12.2 Å². The van der Waals surface area contributed by atoms with Crippen LogP contribution in [0.2, 0.25) is 0 Å². The Morgan fingerprint density at radius 2 is 2.06 bits per heavy atom. The van der Waals surface area contributed by atoms with Crippen LogP contribution in [0.15, 0.2) is 24.3 Å². The zero-order valence-corrected chi connectivity index (χ0v) is 10.2. The predicted octanol–water partition coefficient (Wildman–Crippen LogP) is 1.36. The van der Waals surface area contributed by atoms with Gasteiger partial charge in [0, 0.05) is 12.2 Å². The Bertz CT molecular complexity index is 338. The van der Waals surface area contributed by atoms with Crippen molar-refractivity contribution >= 4 is 23.0 Å². The van der Waals surface area contributed by atoms with E-state index in [1.807, 2.05) is 24.3 Å². The smallest absolute Gasteiger partial charge is 0.170 e. The lowest BCUT2D eigenvalue weighted by molar-refractivity contribution is 0.198. The van der Waals surface area contributed by atoms with Gasteiger partial charge in [-0.3, -0.25) is 0 Å². The Morgan fingerprint density at radius 1 is 1.44 bits per heavy atom. The van der Waals surface area contributed by atoms with Crippen LogP contribution in [0.4, 0.5) is 5.69 Å². The summed E-state index contributed by atoms with van der Waals surface area (Å²) >= 11 is 5.05. The number of anilines is 1. The minimum Gasteiger partial charge on any atom is -0.497 e. The zero-order valence-electron chi connectivity index (χ0n) is 9.36. The maximum absolute atomic E-state index is 9.07. The molecule has 88 valence electrons. The lowest BCUT2D eigenvalue weighted by Gasteiger charge is -2.11. The van der Waals surface area contributed by atoms with Gasteiger partial charge in [-0.15, -0.1) is 0 Å². The van der Waals surface area contributed by atoms with Gasteiger partial charge in [0.15, 0.2) is 5.11 Å². The maximum atomic E-state index is 9.07. The van der Waals surface area contributed by atoms with E-state index >= 15 is 0 Å². The fraction of sp³-hybridized carbons (Fsp3) is 0.364. The number of ether oxygens (including phenoxy) is 1. The van der Waals surface area contributed by atoms with Crippen molar-refractivity contribution in [1.82, 2.24) is 5.32 Å². The van der Waals surface area contributed by atoms with Crippen molar-refractivity contribution in [3.8, 4) is 5.75 Å². The normalized spacial score (nSPS) is 11.7. The van der Waals surface area contributed by atoms with E-state index in [0.717, 1.165) is 11.4 Å². The molecule has 0 radical (unpaired) electrons. The summed E-state index contributed by atoms with van der Waals surface area (Å²) in [6, 6.07) is 7.43. The van der Waals surface area contributed by atoms with Gasteiger partial charge >= 0.3 is 0 Å². The zero-order chi connectivity index (χ0) is 12.0. The molecule has 3 N–H and O–H groups in total. The molecule has 1 aromatic rings. The van der Waals surface area contributed by atoms with E-state index in [-0.39, 0.29) is 0 Å². The van der Waals surface area contributed by atoms with Gasteiger partial charge in [0.2, 0.25) is 0 Å². The summed E-state index contributed by atoms with van der Waals surface area (Å²) in [6.07, 6.45) is -0.421. The molecule has 0 fully saturated rings. The monoisotopic (exact) mass is 240 g/mol. The fourth-order valence-corrected chi connectivity index (χ4v) is 1.29. The summed E-state index contributed by atoms with van der Waals surface area (Å²) in [4.78, 5) is 0. The first-order valence-corrected chi connectivity index (χ1v) is 5.39. The summed E-state index contributed by atoms with van der Waals surface area (Å²) in [6.45, 7) is 2.13. The lowest BCUT2D eigenvalue weighted by atomic mass is 10.3. The molecule has 0 spiro atoms. The number of hydrogen-bond acceptors (Lipinski definition) is 3.